The molecule has 0 atom stereocenters. The lowest BCUT2D eigenvalue weighted by Crippen LogP contribution is -2.30. The number of nitrogen functional groups attached to an aromatic ring is 1. The van der Waals surface area contributed by atoms with Gasteiger partial charge in [0, 0.05) is 12.1 Å². The highest BCUT2D eigenvalue weighted by atomic mass is 32.2. The highest BCUT2D eigenvalue weighted by Gasteiger charge is 2.28. The zero-order chi connectivity index (χ0) is 16.3. The van der Waals surface area contributed by atoms with Gasteiger partial charge in [0.15, 0.2) is 9.84 Å². The van der Waals surface area contributed by atoms with E-state index in [0.29, 0.717) is 5.69 Å². The maximum atomic E-state index is 13.4. The Hall–Kier alpha value is -1.63. The number of sulfone groups is 1. The first-order valence-electron chi connectivity index (χ1n) is 6.60. The van der Waals surface area contributed by atoms with Crippen LogP contribution in [-0.2, 0) is 14.6 Å². The maximum Gasteiger partial charge on any atom is 0.224 e. The van der Waals surface area contributed by atoms with Crippen molar-refractivity contribution in [1.82, 2.24) is 0 Å². The molecular weight excluding hydrogens is 295 g/mol. The largest absolute Gasteiger partial charge is 0.399 e. The summed E-state index contributed by atoms with van der Waals surface area (Å²) in [5, 5.41) is 2.39. The lowest BCUT2D eigenvalue weighted by atomic mass is 10.2. The van der Waals surface area contributed by atoms with E-state index in [1.807, 2.05) is 0 Å². The van der Waals surface area contributed by atoms with E-state index in [2.05, 4.69) is 5.32 Å². The number of nitrogens with one attached hydrogen (secondary N) is 1. The van der Waals surface area contributed by atoms with E-state index in [1.54, 1.807) is 20.8 Å². The molecule has 21 heavy (non-hydrogen) atoms. The normalized spacial score (nSPS) is 12.2. The number of hydrogen-bond donors (Lipinski definition) is 2. The summed E-state index contributed by atoms with van der Waals surface area (Å²) in [5.41, 5.74) is 5.84. The van der Waals surface area contributed by atoms with Crippen LogP contribution in [-0.4, -0.2) is 24.8 Å². The van der Waals surface area contributed by atoms with Gasteiger partial charge >= 0.3 is 0 Å². The summed E-state index contributed by atoms with van der Waals surface area (Å²) in [6, 6.07) is 3.87. The van der Waals surface area contributed by atoms with Gasteiger partial charge < -0.3 is 11.1 Å². The van der Waals surface area contributed by atoms with Crippen LogP contribution >= 0.6 is 0 Å². The van der Waals surface area contributed by atoms with Crippen molar-refractivity contribution in [2.75, 3.05) is 16.8 Å². The fourth-order valence-electron chi connectivity index (χ4n) is 1.58. The second-order valence-electron chi connectivity index (χ2n) is 5.82. The Morgan fingerprint density at radius 2 is 1.95 bits per heavy atom. The van der Waals surface area contributed by atoms with Crippen molar-refractivity contribution in [3.8, 4) is 0 Å². The molecule has 0 bridgehead atoms. The quantitative estimate of drug-likeness (QED) is 0.816. The van der Waals surface area contributed by atoms with Crippen LogP contribution in [0.2, 0.25) is 0 Å². The summed E-state index contributed by atoms with van der Waals surface area (Å²) < 4.78 is 36.4. The third-order valence-electron chi connectivity index (χ3n) is 3.01. The van der Waals surface area contributed by atoms with Gasteiger partial charge in [-0.3, -0.25) is 4.79 Å². The molecule has 118 valence electrons. The number of amides is 1. The molecule has 0 aliphatic rings. The third-order valence-corrected chi connectivity index (χ3v) is 5.71. The van der Waals surface area contributed by atoms with Gasteiger partial charge in [-0.05, 0) is 45.4 Å². The van der Waals surface area contributed by atoms with Gasteiger partial charge in [-0.25, -0.2) is 12.8 Å². The molecule has 1 aromatic carbocycles. The van der Waals surface area contributed by atoms with Gasteiger partial charge in [0.25, 0.3) is 0 Å². The monoisotopic (exact) mass is 316 g/mol. The van der Waals surface area contributed by atoms with Gasteiger partial charge in [-0.2, -0.15) is 0 Å². The molecule has 0 fully saturated rings. The van der Waals surface area contributed by atoms with Gasteiger partial charge in [-0.15, -0.1) is 0 Å². The molecule has 1 rings (SSSR count). The van der Waals surface area contributed by atoms with Crippen molar-refractivity contribution in [3.63, 3.8) is 0 Å². The number of nitrogens with two attached hydrogens (primary N) is 1. The van der Waals surface area contributed by atoms with Crippen LogP contribution in [0.4, 0.5) is 15.8 Å². The first-order chi connectivity index (χ1) is 9.53. The standard InChI is InChI=1S/C14H21FN2O3S/c1-14(2,3)21(19,20)8-4-5-13(18)17-12-9-10(16)6-7-11(12)15/h6-7,9H,4-5,8,16H2,1-3H3,(H,17,18). The number of carbonyl (C=O) groups excluding carboxylic acids is 1. The number of halogens is 1. The van der Waals surface area contributed by atoms with Gasteiger partial charge in [0.2, 0.25) is 5.91 Å². The molecule has 0 heterocycles. The van der Waals surface area contributed by atoms with Gasteiger partial charge in [0.1, 0.15) is 5.82 Å². The zero-order valence-electron chi connectivity index (χ0n) is 12.4. The molecule has 3 N–H and O–H groups in total. The Bertz CT molecular complexity index is 622. The van der Waals surface area contributed by atoms with Crippen LogP contribution < -0.4 is 11.1 Å². The number of anilines is 2. The zero-order valence-corrected chi connectivity index (χ0v) is 13.3. The SMILES string of the molecule is CC(C)(C)S(=O)(=O)CCCC(=O)Nc1cc(N)ccc1F. The van der Waals surface area contributed by atoms with Crippen LogP contribution in [0.25, 0.3) is 0 Å². The highest BCUT2D eigenvalue weighted by Crippen LogP contribution is 2.19. The Labute approximate surface area is 124 Å². The minimum absolute atomic E-state index is 0.00122. The fourth-order valence-corrected chi connectivity index (χ4v) is 2.72. The van der Waals surface area contributed by atoms with Crippen molar-refractivity contribution in [2.45, 2.75) is 38.4 Å². The van der Waals surface area contributed by atoms with Crippen molar-refractivity contribution in [2.24, 2.45) is 0 Å². The molecule has 0 unspecified atom stereocenters. The molecule has 0 saturated carbocycles. The molecule has 7 heteroatoms. The average molecular weight is 316 g/mol. The van der Waals surface area contributed by atoms with E-state index < -0.39 is 26.3 Å². The second-order valence-corrected chi connectivity index (χ2v) is 8.68. The Balaban J connectivity index is 2.54. The Kier molecular flexibility index (Phi) is 5.33. The molecule has 0 spiro atoms. The van der Waals surface area contributed by atoms with Crippen molar-refractivity contribution >= 4 is 27.1 Å². The summed E-state index contributed by atoms with van der Waals surface area (Å²) in [7, 11) is -3.26. The first-order valence-corrected chi connectivity index (χ1v) is 8.25. The van der Waals surface area contributed by atoms with Gasteiger partial charge in [-0.1, -0.05) is 0 Å². The minimum Gasteiger partial charge on any atom is -0.399 e. The number of rotatable bonds is 5. The molecule has 5 nitrogen and oxygen atoms in total. The first kappa shape index (κ1) is 17.4. The number of hydrogen-bond acceptors (Lipinski definition) is 4. The van der Waals surface area contributed by atoms with Crippen LogP contribution in [0.3, 0.4) is 0 Å². The predicted molar refractivity (Wildman–Crippen MR) is 82.2 cm³/mol. The second kappa shape index (κ2) is 6.43. The number of carbonyl (C=O) groups is 1. The summed E-state index contributed by atoms with van der Waals surface area (Å²) >= 11 is 0. The topological polar surface area (TPSA) is 89.3 Å². The Morgan fingerprint density at radius 1 is 1.33 bits per heavy atom. The maximum absolute atomic E-state index is 13.4. The smallest absolute Gasteiger partial charge is 0.224 e. The summed E-state index contributed by atoms with van der Waals surface area (Å²) in [5.74, 6) is -1.10. The van der Waals surface area contributed by atoms with Crippen molar-refractivity contribution in [3.05, 3.63) is 24.0 Å². The van der Waals surface area contributed by atoms with Crippen molar-refractivity contribution < 1.29 is 17.6 Å². The van der Waals surface area contributed by atoms with E-state index in [9.17, 15) is 17.6 Å². The van der Waals surface area contributed by atoms with Crippen molar-refractivity contribution in [1.29, 1.82) is 0 Å². The van der Waals surface area contributed by atoms with E-state index in [4.69, 9.17) is 5.73 Å². The third kappa shape index (κ3) is 5.00. The van der Waals surface area contributed by atoms with Crippen LogP contribution in [0.15, 0.2) is 18.2 Å². The minimum atomic E-state index is -3.26. The Morgan fingerprint density at radius 3 is 2.52 bits per heavy atom. The van der Waals surface area contributed by atoms with E-state index in [-0.39, 0.29) is 24.3 Å². The lowest BCUT2D eigenvalue weighted by molar-refractivity contribution is -0.116. The molecule has 0 aliphatic heterocycles. The molecule has 0 aromatic heterocycles. The molecule has 1 amide bonds. The molecule has 1 aromatic rings. The molecular formula is C14H21FN2O3S. The average Bonchev–Trinajstić information content (AvgIpc) is 2.32. The van der Waals surface area contributed by atoms with Crippen LogP contribution in [0, 0.1) is 5.82 Å². The predicted octanol–water partition coefficient (Wildman–Crippen LogP) is 2.34. The van der Waals surface area contributed by atoms with E-state index in [0.717, 1.165) is 6.07 Å². The lowest BCUT2D eigenvalue weighted by Gasteiger charge is -2.18. The molecule has 0 saturated heterocycles. The van der Waals surface area contributed by atoms with Crippen LogP contribution in [0.1, 0.15) is 33.6 Å². The number of benzene rings is 1. The van der Waals surface area contributed by atoms with Gasteiger partial charge in [0.05, 0.1) is 16.2 Å². The van der Waals surface area contributed by atoms with E-state index >= 15 is 0 Å². The summed E-state index contributed by atoms with van der Waals surface area (Å²) in [6.45, 7) is 4.85. The van der Waals surface area contributed by atoms with E-state index in [1.165, 1.54) is 12.1 Å². The summed E-state index contributed by atoms with van der Waals surface area (Å²) in [6.07, 6.45) is 0.193. The molecule has 0 aliphatic carbocycles. The van der Waals surface area contributed by atoms with Crippen LogP contribution in [0.5, 0.6) is 0 Å². The molecule has 0 radical (unpaired) electrons. The summed E-state index contributed by atoms with van der Waals surface area (Å²) in [4.78, 5) is 11.7. The highest BCUT2D eigenvalue weighted by molar-refractivity contribution is 7.92. The fraction of sp³-hybridized carbons (Fsp3) is 0.500.